The van der Waals surface area contributed by atoms with Gasteiger partial charge in [0.25, 0.3) is 0 Å². The number of aliphatic imine (C=N–C) groups is 1. The quantitative estimate of drug-likeness (QED) is 0.531. The van der Waals surface area contributed by atoms with Gasteiger partial charge in [-0.2, -0.15) is 0 Å². The Morgan fingerprint density at radius 3 is 2.75 bits per heavy atom. The molecule has 0 amide bonds. The molecular formula is C18H27N3O2S. The summed E-state index contributed by atoms with van der Waals surface area (Å²) >= 11 is 1.62. The third-order valence-electron chi connectivity index (χ3n) is 3.75. The van der Waals surface area contributed by atoms with Gasteiger partial charge < -0.3 is 20.5 Å². The first-order valence-electron chi connectivity index (χ1n) is 8.19. The number of nitrogens with one attached hydrogen (secondary N) is 2. The molecule has 0 aliphatic heterocycles. The van der Waals surface area contributed by atoms with Crippen LogP contribution in [0.25, 0.3) is 10.1 Å². The highest BCUT2D eigenvalue weighted by Gasteiger charge is 2.16. The molecule has 2 rings (SSSR count). The molecule has 5 nitrogen and oxygen atoms in total. The van der Waals surface area contributed by atoms with Crippen molar-refractivity contribution in [2.24, 2.45) is 4.99 Å². The van der Waals surface area contributed by atoms with Gasteiger partial charge in [0.05, 0.1) is 12.1 Å². The second kappa shape index (κ2) is 8.46. The van der Waals surface area contributed by atoms with E-state index in [9.17, 15) is 5.11 Å². The van der Waals surface area contributed by atoms with E-state index in [1.54, 1.807) is 18.4 Å². The van der Waals surface area contributed by atoms with Gasteiger partial charge in [0.2, 0.25) is 0 Å². The highest BCUT2D eigenvalue weighted by Crippen LogP contribution is 2.29. The Labute approximate surface area is 147 Å². The number of methoxy groups -OCH3 is 1. The predicted octanol–water partition coefficient (Wildman–Crippen LogP) is 2.91. The molecule has 2 aromatic rings. The number of aliphatic hydroxyl groups excluding tert-OH is 1. The standard InChI is InChI=1S/C18H27N3O2S/c1-5-19-17(21-12-18(2,3)23-4)20-11-14(22)16-10-13-8-6-7-9-15(13)24-16/h6-10,14,22H,5,11-12H2,1-4H3,(H2,19,20,21). The molecule has 6 heteroatoms. The molecule has 1 aromatic carbocycles. The second-order valence-electron chi connectivity index (χ2n) is 6.24. The molecule has 0 saturated heterocycles. The van der Waals surface area contributed by atoms with Crippen LogP contribution < -0.4 is 10.6 Å². The fraction of sp³-hybridized carbons (Fsp3) is 0.500. The number of guanidine groups is 1. The molecule has 132 valence electrons. The second-order valence-corrected chi connectivity index (χ2v) is 7.36. The molecule has 1 unspecified atom stereocenters. The van der Waals surface area contributed by atoms with Crippen LogP contribution in [-0.4, -0.2) is 43.4 Å². The third-order valence-corrected chi connectivity index (χ3v) is 4.97. The van der Waals surface area contributed by atoms with Gasteiger partial charge in [0.15, 0.2) is 5.96 Å². The molecule has 1 heterocycles. The average Bonchev–Trinajstić information content (AvgIpc) is 3.01. The van der Waals surface area contributed by atoms with Crippen molar-refractivity contribution < 1.29 is 9.84 Å². The Morgan fingerprint density at radius 1 is 1.33 bits per heavy atom. The average molecular weight is 350 g/mol. The summed E-state index contributed by atoms with van der Waals surface area (Å²) in [5.41, 5.74) is -0.313. The van der Waals surface area contributed by atoms with Crippen LogP contribution in [0.2, 0.25) is 0 Å². The first kappa shape index (κ1) is 18.7. The van der Waals surface area contributed by atoms with Crippen LogP contribution in [0, 0.1) is 0 Å². The maximum absolute atomic E-state index is 10.5. The minimum absolute atomic E-state index is 0.313. The van der Waals surface area contributed by atoms with Crippen molar-refractivity contribution in [1.29, 1.82) is 0 Å². The number of ether oxygens (including phenoxy) is 1. The summed E-state index contributed by atoms with van der Waals surface area (Å²) in [5, 5.41) is 18.0. The van der Waals surface area contributed by atoms with Crippen molar-refractivity contribution in [2.75, 3.05) is 26.7 Å². The zero-order valence-electron chi connectivity index (χ0n) is 14.8. The lowest BCUT2D eigenvalue weighted by Crippen LogP contribution is -2.40. The molecule has 0 radical (unpaired) electrons. The van der Waals surface area contributed by atoms with Gasteiger partial charge >= 0.3 is 0 Å². The largest absolute Gasteiger partial charge is 0.386 e. The monoisotopic (exact) mass is 349 g/mol. The van der Waals surface area contributed by atoms with Crippen molar-refractivity contribution in [1.82, 2.24) is 10.6 Å². The van der Waals surface area contributed by atoms with Gasteiger partial charge in [-0.15, -0.1) is 11.3 Å². The number of nitrogens with zero attached hydrogens (tertiary/aromatic N) is 1. The van der Waals surface area contributed by atoms with Gasteiger partial charge in [-0.3, -0.25) is 4.99 Å². The molecule has 0 aliphatic carbocycles. The maximum Gasteiger partial charge on any atom is 0.191 e. The number of aliphatic hydroxyl groups is 1. The molecule has 1 atom stereocenters. The van der Waals surface area contributed by atoms with Crippen LogP contribution in [-0.2, 0) is 4.74 Å². The van der Waals surface area contributed by atoms with Crippen LogP contribution in [0.5, 0.6) is 0 Å². The van der Waals surface area contributed by atoms with Crippen molar-refractivity contribution in [3.63, 3.8) is 0 Å². The van der Waals surface area contributed by atoms with Crippen molar-refractivity contribution in [3.05, 3.63) is 35.2 Å². The summed E-state index contributed by atoms with van der Waals surface area (Å²) in [4.78, 5) is 5.48. The summed E-state index contributed by atoms with van der Waals surface area (Å²) in [6.45, 7) is 7.71. The lowest BCUT2D eigenvalue weighted by molar-refractivity contribution is 0.0310. The molecule has 0 aliphatic rings. The topological polar surface area (TPSA) is 65.9 Å². The first-order valence-corrected chi connectivity index (χ1v) is 9.00. The zero-order chi connectivity index (χ0) is 17.6. The minimum atomic E-state index is -0.568. The number of rotatable bonds is 7. The summed E-state index contributed by atoms with van der Waals surface area (Å²) in [5.74, 6) is 0.683. The van der Waals surface area contributed by atoms with E-state index in [0.29, 0.717) is 19.0 Å². The predicted molar refractivity (Wildman–Crippen MR) is 102 cm³/mol. The number of fused-ring (bicyclic) bond motifs is 1. The molecule has 24 heavy (non-hydrogen) atoms. The van der Waals surface area contributed by atoms with E-state index < -0.39 is 6.10 Å². The van der Waals surface area contributed by atoms with Gasteiger partial charge in [-0.25, -0.2) is 0 Å². The number of hydrogen-bond acceptors (Lipinski definition) is 4. The Kier molecular flexibility index (Phi) is 6.60. The minimum Gasteiger partial charge on any atom is -0.386 e. The molecule has 1 aromatic heterocycles. The Morgan fingerprint density at radius 2 is 2.08 bits per heavy atom. The summed E-state index contributed by atoms with van der Waals surface area (Å²) in [7, 11) is 1.68. The van der Waals surface area contributed by atoms with Crippen molar-refractivity contribution >= 4 is 27.4 Å². The van der Waals surface area contributed by atoms with Gasteiger partial charge in [-0.1, -0.05) is 18.2 Å². The SMILES string of the molecule is CCNC(=NCC(C)(C)OC)NCC(O)c1cc2ccccc2s1. The molecule has 3 N–H and O–H groups in total. The maximum atomic E-state index is 10.5. The first-order chi connectivity index (χ1) is 11.4. The molecule has 0 fully saturated rings. The van der Waals surface area contributed by atoms with E-state index in [0.717, 1.165) is 11.4 Å². The van der Waals surface area contributed by atoms with Crippen LogP contribution in [0.1, 0.15) is 31.8 Å². The van der Waals surface area contributed by atoms with Crippen LogP contribution >= 0.6 is 11.3 Å². The lowest BCUT2D eigenvalue weighted by atomic mass is 10.1. The van der Waals surface area contributed by atoms with E-state index in [4.69, 9.17) is 4.74 Å². The van der Waals surface area contributed by atoms with Crippen LogP contribution in [0.4, 0.5) is 0 Å². The number of benzene rings is 1. The smallest absolute Gasteiger partial charge is 0.191 e. The van der Waals surface area contributed by atoms with Gasteiger partial charge in [0.1, 0.15) is 6.10 Å². The summed E-state index contributed by atoms with van der Waals surface area (Å²) in [6, 6.07) is 10.2. The fourth-order valence-corrected chi connectivity index (χ4v) is 3.19. The van der Waals surface area contributed by atoms with Crippen LogP contribution in [0.3, 0.4) is 0 Å². The van der Waals surface area contributed by atoms with Crippen molar-refractivity contribution in [2.45, 2.75) is 32.5 Å². The Balaban J connectivity index is 1.98. The number of hydrogen-bond donors (Lipinski definition) is 3. The van der Waals surface area contributed by atoms with Crippen molar-refractivity contribution in [3.8, 4) is 0 Å². The van der Waals surface area contributed by atoms with Gasteiger partial charge in [-0.05, 0) is 38.3 Å². The normalized spacial score (nSPS) is 14.0. The highest BCUT2D eigenvalue weighted by molar-refractivity contribution is 7.19. The van der Waals surface area contributed by atoms with Gasteiger partial charge in [0, 0.05) is 29.8 Å². The van der Waals surface area contributed by atoms with E-state index >= 15 is 0 Å². The number of thiophene rings is 1. The third kappa shape index (κ3) is 5.19. The zero-order valence-corrected chi connectivity index (χ0v) is 15.6. The molecule has 0 saturated carbocycles. The van der Waals surface area contributed by atoms with E-state index in [2.05, 4.69) is 27.8 Å². The van der Waals surface area contributed by atoms with E-state index in [-0.39, 0.29) is 5.60 Å². The van der Waals surface area contributed by atoms with Crippen LogP contribution in [0.15, 0.2) is 35.3 Å². The molecular weight excluding hydrogens is 322 g/mol. The fourth-order valence-electron chi connectivity index (χ4n) is 2.14. The lowest BCUT2D eigenvalue weighted by Gasteiger charge is -2.21. The van der Waals surface area contributed by atoms with E-state index in [1.807, 2.05) is 39.0 Å². The molecule has 0 spiro atoms. The summed E-state index contributed by atoms with van der Waals surface area (Å²) < 4.78 is 6.57. The highest BCUT2D eigenvalue weighted by atomic mass is 32.1. The molecule has 0 bridgehead atoms. The Bertz CT molecular complexity index is 649. The van der Waals surface area contributed by atoms with E-state index in [1.165, 1.54) is 10.1 Å². The Hall–Kier alpha value is -1.63. The summed E-state index contributed by atoms with van der Waals surface area (Å²) in [6.07, 6.45) is -0.568.